The summed E-state index contributed by atoms with van der Waals surface area (Å²) in [5.74, 6) is 0. The molecule has 0 bridgehead atoms. The highest BCUT2D eigenvalue weighted by Crippen LogP contribution is 2.29. The Morgan fingerprint density at radius 1 is 1.40 bits per heavy atom. The van der Waals surface area contributed by atoms with Crippen LogP contribution in [0.3, 0.4) is 0 Å². The van der Waals surface area contributed by atoms with Crippen LogP contribution in [0, 0.1) is 6.92 Å². The summed E-state index contributed by atoms with van der Waals surface area (Å²) in [5.41, 5.74) is 8.61. The summed E-state index contributed by atoms with van der Waals surface area (Å²) in [5, 5.41) is 4.07. The molecular weight excluding hydrogens is 208 g/mol. The molecule has 1 aromatic rings. The molecule has 84 valence electrons. The SMILES string of the molecule is CCC(C)(C)Nc1cc(Cl)c(N)cc1C. The van der Waals surface area contributed by atoms with Crippen molar-refractivity contribution in [3.63, 3.8) is 0 Å². The lowest BCUT2D eigenvalue weighted by molar-refractivity contribution is 0.547. The molecular formula is C12H19ClN2. The number of halogens is 1. The highest BCUT2D eigenvalue weighted by Gasteiger charge is 2.15. The predicted octanol–water partition coefficient (Wildman–Crippen LogP) is 3.83. The maximum Gasteiger partial charge on any atom is 0.0656 e. The molecule has 0 atom stereocenters. The third-order valence-electron chi connectivity index (χ3n) is 2.70. The monoisotopic (exact) mass is 226 g/mol. The van der Waals surface area contributed by atoms with Gasteiger partial charge >= 0.3 is 0 Å². The number of nitrogens with one attached hydrogen (secondary N) is 1. The van der Waals surface area contributed by atoms with E-state index >= 15 is 0 Å². The van der Waals surface area contributed by atoms with E-state index in [1.807, 2.05) is 19.1 Å². The molecule has 0 heterocycles. The molecule has 0 aromatic heterocycles. The smallest absolute Gasteiger partial charge is 0.0656 e. The standard InChI is InChI=1S/C12H19ClN2/c1-5-12(3,4)15-11-7-9(13)10(14)6-8(11)2/h6-7,15H,5,14H2,1-4H3. The maximum absolute atomic E-state index is 5.99. The maximum atomic E-state index is 5.99. The number of aryl methyl sites for hydroxylation is 1. The molecule has 0 aliphatic heterocycles. The average Bonchev–Trinajstić information content (AvgIpc) is 2.14. The summed E-state index contributed by atoms with van der Waals surface area (Å²) < 4.78 is 0. The summed E-state index contributed by atoms with van der Waals surface area (Å²) in [6.07, 6.45) is 1.05. The van der Waals surface area contributed by atoms with E-state index < -0.39 is 0 Å². The number of benzene rings is 1. The van der Waals surface area contributed by atoms with Crippen LogP contribution in [0.1, 0.15) is 32.8 Å². The molecule has 3 heteroatoms. The lowest BCUT2D eigenvalue weighted by Crippen LogP contribution is -2.30. The molecule has 0 saturated carbocycles. The second kappa shape index (κ2) is 4.31. The predicted molar refractivity (Wildman–Crippen MR) is 68.6 cm³/mol. The Hall–Kier alpha value is -0.890. The van der Waals surface area contributed by atoms with Crippen molar-refractivity contribution in [2.24, 2.45) is 0 Å². The number of hydrogen-bond acceptors (Lipinski definition) is 2. The minimum Gasteiger partial charge on any atom is -0.398 e. The van der Waals surface area contributed by atoms with Crippen LogP contribution in [-0.2, 0) is 0 Å². The number of rotatable bonds is 3. The van der Waals surface area contributed by atoms with Crippen molar-refractivity contribution in [3.8, 4) is 0 Å². The molecule has 0 aliphatic carbocycles. The van der Waals surface area contributed by atoms with Crippen molar-refractivity contribution in [2.75, 3.05) is 11.1 Å². The van der Waals surface area contributed by atoms with Crippen molar-refractivity contribution in [3.05, 3.63) is 22.7 Å². The van der Waals surface area contributed by atoms with Gasteiger partial charge in [0.2, 0.25) is 0 Å². The van der Waals surface area contributed by atoms with Crippen LogP contribution in [0.15, 0.2) is 12.1 Å². The van der Waals surface area contributed by atoms with Crippen molar-refractivity contribution >= 4 is 23.0 Å². The Balaban J connectivity index is 3.01. The van der Waals surface area contributed by atoms with Gasteiger partial charge in [0, 0.05) is 11.2 Å². The molecule has 0 amide bonds. The zero-order valence-electron chi connectivity index (χ0n) is 9.82. The second-order valence-corrected chi connectivity index (χ2v) is 4.96. The first-order valence-electron chi connectivity index (χ1n) is 5.19. The molecule has 0 radical (unpaired) electrons. The Morgan fingerprint density at radius 2 is 2.00 bits per heavy atom. The number of nitrogens with two attached hydrogens (primary N) is 1. The Morgan fingerprint density at radius 3 is 2.53 bits per heavy atom. The molecule has 0 spiro atoms. The highest BCUT2D eigenvalue weighted by atomic mass is 35.5. The van der Waals surface area contributed by atoms with Gasteiger partial charge in [0.25, 0.3) is 0 Å². The van der Waals surface area contributed by atoms with E-state index in [0.717, 1.165) is 17.7 Å². The summed E-state index contributed by atoms with van der Waals surface area (Å²) in [6, 6.07) is 3.79. The molecule has 1 aromatic carbocycles. The van der Waals surface area contributed by atoms with Gasteiger partial charge in [0.1, 0.15) is 0 Å². The van der Waals surface area contributed by atoms with Crippen molar-refractivity contribution in [1.82, 2.24) is 0 Å². The fraction of sp³-hybridized carbons (Fsp3) is 0.500. The molecule has 1 rings (SSSR count). The van der Waals surface area contributed by atoms with Gasteiger partial charge in [0.05, 0.1) is 10.7 Å². The molecule has 0 unspecified atom stereocenters. The Bertz CT molecular complexity index is 359. The normalized spacial score (nSPS) is 11.5. The highest BCUT2D eigenvalue weighted by molar-refractivity contribution is 6.33. The van der Waals surface area contributed by atoms with Gasteiger partial charge in [-0.05, 0) is 44.9 Å². The first-order valence-corrected chi connectivity index (χ1v) is 5.57. The number of nitrogen functional groups attached to an aromatic ring is 1. The minimum absolute atomic E-state index is 0.0736. The van der Waals surface area contributed by atoms with Crippen molar-refractivity contribution in [1.29, 1.82) is 0 Å². The van der Waals surface area contributed by atoms with Crippen LogP contribution < -0.4 is 11.1 Å². The second-order valence-electron chi connectivity index (χ2n) is 4.55. The first-order chi connectivity index (χ1) is 6.85. The summed E-state index contributed by atoms with van der Waals surface area (Å²) in [7, 11) is 0. The lowest BCUT2D eigenvalue weighted by atomic mass is 10.0. The van der Waals surface area contributed by atoms with Crippen LogP contribution in [-0.4, -0.2) is 5.54 Å². The van der Waals surface area contributed by atoms with Gasteiger partial charge < -0.3 is 11.1 Å². The van der Waals surface area contributed by atoms with Crippen LogP contribution in [0.4, 0.5) is 11.4 Å². The van der Waals surface area contributed by atoms with Gasteiger partial charge in [-0.1, -0.05) is 18.5 Å². The molecule has 0 aliphatic rings. The third kappa shape index (κ3) is 3.03. The first kappa shape index (κ1) is 12.2. The van der Waals surface area contributed by atoms with Crippen molar-refractivity contribution < 1.29 is 0 Å². The van der Waals surface area contributed by atoms with Gasteiger partial charge in [-0.15, -0.1) is 0 Å². The summed E-state index contributed by atoms with van der Waals surface area (Å²) in [4.78, 5) is 0. The van der Waals surface area contributed by atoms with E-state index in [-0.39, 0.29) is 5.54 Å². The number of anilines is 2. The third-order valence-corrected chi connectivity index (χ3v) is 3.03. The zero-order valence-corrected chi connectivity index (χ0v) is 10.6. The Labute approximate surface area is 96.8 Å². The van der Waals surface area contributed by atoms with Gasteiger partial charge in [0.15, 0.2) is 0 Å². The van der Waals surface area contributed by atoms with Gasteiger partial charge in [-0.2, -0.15) is 0 Å². The summed E-state index contributed by atoms with van der Waals surface area (Å²) in [6.45, 7) is 8.51. The van der Waals surface area contributed by atoms with Crippen LogP contribution in [0.5, 0.6) is 0 Å². The van der Waals surface area contributed by atoms with Gasteiger partial charge in [-0.3, -0.25) is 0 Å². The summed E-state index contributed by atoms with van der Waals surface area (Å²) >= 11 is 5.99. The van der Waals surface area contributed by atoms with E-state index in [1.54, 1.807) is 0 Å². The fourth-order valence-electron chi connectivity index (χ4n) is 1.29. The molecule has 3 N–H and O–H groups in total. The molecule has 15 heavy (non-hydrogen) atoms. The molecule has 2 nitrogen and oxygen atoms in total. The van der Waals surface area contributed by atoms with E-state index in [4.69, 9.17) is 17.3 Å². The van der Waals surface area contributed by atoms with Crippen molar-refractivity contribution in [2.45, 2.75) is 39.7 Å². The Kier molecular flexibility index (Phi) is 3.50. The quantitative estimate of drug-likeness (QED) is 0.769. The van der Waals surface area contributed by atoms with E-state index in [0.29, 0.717) is 10.7 Å². The number of hydrogen-bond donors (Lipinski definition) is 2. The van der Waals surface area contributed by atoms with Crippen LogP contribution in [0.2, 0.25) is 5.02 Å². The van der Waals surface area contributed by atoms with E-state index in [2.05, 4.69) is 26.1 Å². The topological polar surface area (TPSA) is 38.0 Å². The van der Waals surface area contributed by atoms with E-state index in [9.17, 15) is 0 Å². The van der Waals surface area contributed by atoms with E-state index in [1.165, 1.54) is 0 Å². The minimum atomic E-state index is 0.0736. The lowest BCUT2D eigenvalue weighted by Gasteiger charge is -2.27. The van der Waals surface area contributed by atoms with Crippen LogP contribution >= 0.6 is 11.6 Å². The zero-order chi connectivity index (χ0) is 11.6. The van der Waals surface area contributed by atoms with Gasteiger partial charge in [-0.25, -0.2) is 0 Å². The fourth-order valence-corrected chi connectivity index (χ4v) is 1.46. The molecule has 0 saturated heterocycles. The average molecular weight is 227 g/mol. The largest absolute Gasteiger partial charge is 0.398 e. The molecule has 0 fully saturated rings. The van der Waals surface area contributed by atoms with Crippen LogP contribution in [0.25, 0.3) is 0 Å².